The Kier molecular flexibility index (Phi) is 139. The molecular formula is H2AsCdSe2. The summed E-state index contributed by atoms with van der Waals surface area (Å²) in [4.78, 5) is 0. The normalized spacial score (nSPS) is 0. The van der Waals surface area contributed by atoms with Gasteiger partial charge in [0, 0.05) is 62.3 Å². The summed E-state index contributed by atoms with van der Waals surface area (Å²) in [6.07, 6.45) is 0. The van der Waals surface area contributed by atoms with E-state index in [-0.39, 0.29) is 79.4 Å². The van der Waals surface area contributed by atoms with Crippen LogP contribution in [-0.4, -0.2) is 52.1 Å². The average Bonchev–Trinajstić information content (AvgIpc) is 0. The van der Waals surface area contributed by atoms with Gasteiger partial charge in [-0.15, -0.1) is 0 Å². The number of hydrogen-bond donors (Lipinski definition) is 0. The van der Waals surface area contributed by atoms with Crippen molar-refractivity contribution in [1.82, 2.24) is 0 Å². The molecule has 4 heteroatoms. The molecule has 0 aromatic carbocycles. The summed E-state index contributed by atoms with van der Waals surface area (Å²) in [6.45, 7) is 0. The van der Waals surface area contributed by atoms with E-state index in [9.17, 15) is 0 Å². The molecule has 0 aliphatic heterocycles. The van der Waals surface area contributed by atoms with E-state index in [0.717, 1.165) is 0 Å². The molecule has 0 amide bonds. The summed E-state index contributed by atoms with van der Waals surface area (Å²) in [5, 5.41) is 0. The van der Waals surface area contributed by atoms with Crippen LogP contribution in [0.5, 0.6) is 0 Å². The molecular weight excluding hydrogens is 345 g/mol. The van der Waals surface area contributed by atoms with Crippen LogP contribution in [0.2, 0.25) is 0 Å². The van der Waals surface area contributed by atoms with Gasteiger partial charge in [0.2, 0.25) is 0 Å². The fraction of sp³-hybridized carbons (Fsp3) is 0. The Morgan fingerprint density at radius 1 is 1.00 bits per heavy atom. The van der Waals surface area contributed by atoms with Crippen LogP contribution in [0.3, 0.4) is 0 Å². The van der Waals surface area contributed by atoms with Crippen molar-refractivity contribution in [2.24, 2.45) is 0 Å². The van der Waals surface area contributed by atoms with Gasteiger partial charge in [0.15, 0.2) is 0 Å². The maximum absolute atomic E-state index is 0. The molecule has 0 aromatic heterocycles. The third-order valence-electron chi connectivity index (χ3n) is 0. The predicted octanol–water partition coefficient (Wildman–Crippen LogP) is -1.68. The Hall–Kier alpha value is 2.52. The fourth-order valence-electron chi connectivity index (χ4n) is 0. The summed E-state index contributed by atoms with van der Waals surface area (Å²) >= 11 is 0. The van der Waals surface area contributed by atoms with Crippen LogP contribution in [0, 0.1) is 0 Å². The van der Waals surface area contributed by atoms with Gasteiger partial charge in [-0.2, -0.15) is 0 Å². The van der Waals surface area contributed by atoms with Gasteiger partial charge in [-0.1, -0.05) is 0 Å². The molecule has 21 valence electrons. The van der Waals surface area contributed by atoms with E-state index in [0.29, 0.717) is 0 Å². The van der Waals surface area contributed by atoms with Crippen molar-refractivity contribution < 1.29 is 27.3 Å². The first-order valence-electron chi connectivity index (χ1n) is 0. The first kappa shape index (κ1) is 31.3. The SMILES string of the molecule is [As].[Cd].[SeH2].[Se]. The summed E-state index contributed by atoms with van der Waals surface area (Å²) in [5.74, 6) is 0. The fourth-order valence-corrected chi connectivity index (χ4v) is 0. The Labute approximate surface area is 78.3 Å². The number of rotatable bonds is 0. The van der Waals surface area contributed by atoms with Gasteiger partial charge < -0.3 is 0 Å². The zero-order valence-electron chi connectivity index (χ0n) is 2.06. The van der Waals surface area contributed by atoms with Gasteiger partial charge in [-0.25, -0.2) is 0 Å². The molecule has 5 radical (unpaired) electrons. The molecule has 0 bridgehead atoms. The van der Waals surface area contributed by atoms with Gasteiger partial charge in [0.1, 0.15) is 0 Å². The van der Waals surface area contributed by atoms with Crippen LogP contribution in [0.4, 0.5) is 0 Å². The molecule has 0 aliphatic rings. The van der Waals surface area contributed by atoms with Gasteiger partial charge in [-0.05, 0) is 0 Å². The monoisotopic (exact) mass is 351 g/mol. The van der Waals surface area contributed by atoms with Crippen LogP contribution in [0.15, 0.2) is 0 Å². The molecule has 4 heavy (non-hydrogen) atoms. The molecule has 0 fully saturated rings. The molecule has 0 rings (SSSR count). The van der Waals surface area contributed by atoms with Crippen molar-refractivity contribution in [2.45, 2.75) is 0 Å². The Morgan fingerprint density at radius 2 is 1.00 bits per heavy atom. The van der Waals surface area contributed by atoms with Crippen molar-refractivity contribution in [1.29, 1.82) is 0 Å². The standard InChI is InChI=1S/As.Cd.H2Se.Se/h;;1H2;. The second-order valence-electron chi connectivity index (χ2n) is 0. The van der Waals surface area contributed by atoms with E-state index in [2.05, 4.69) is 0 Å². The quantitative estimate of drug-likeness (QED) is 0.460. The maximum atomic E-state index is 0. The molecule has 0 unspecified atom stereocenters. The third kappa shape index (κ3) is 8.82. The minimum Gasteiger partial charge on any atom is 0 e. The van der Waals surface area contributed by atoms with E-state index >= 15 is 0 Å². The first-order chi connectivity index (χ1) is 0. The topological polar surface area (TPSA) is 0 Å². The van der Waals surface area contributed by atoms with Crippen molar-refractivity contribution in [3.63, 3.8) is 0 Å². The van der Waals surface area contributed by atoms with Crippen LogP contribution in [0.1, 0.15) is 0 Å². The predicted molar refractivity (Wildman–Crippen MR) is 20.1 cm³/mol. The number of hydrogen-bond acceptors (Lipinski definition) is 0. The van der Waals surface area contributed by atoms with E-state index in [1.165, 1.54) is 0 Å². The average molecular weight is 347 g/mol. The maximum Gasteiger partial charge on any atom is 0 e. The third-order valence-corrected chi connectivity index (χ3v) is 0. The van der Waals surface area contributed by atoms with Crippen molar-refractivity contribution in [3.05, 3.63) is 0 Å². The summed E-state index contributed by atoms with van der Waals surface area (Å²) < 4.78 is 0. The largest absolute Gasteiger partial charge is 0 e. The molecule has 0 N–H and O–H groups in total. The second kappa shape index (κ2) is 17.8. The zero-order chi connectivity index (χ0) is 0. The van der Waals surface area contributed by atoms with Crippen LogP contribution >= 0.6 is 0 Å². The molecule has 0 saturated carbocycles. The first-order valence-corrected chi connectivity index (χ1v) is 0. The van der Waals surface area contributed by atoms with Gasteiger partial charge in [0.25, 0.3) is 0 Å². The smallest absolute Gasteiger partial charge is 0 e. The van der Waals surface area contributed by atoms with Crippen LogP contribution in [0.25, 0.3) is 0 Å². The van der Waals surface area contributed by atoms with Crippen LogP contribution in [-0.2, 0) is 27.3 Å². The van der Waals surface area contributed by atoms with Gasteiger partial charge >= 0.3 is 17.1 Å². The summed E-state index contributed by atoms with van der Waals surface area (Å²) in [6, 6.07) is 0. The van der Waals surface area contributed by atoms with Gasteiger partial charge in [-0.3, -0.25) is 0 Å². The van der Waals surface area contributed by atoms with E-state index in [1.807, 2.05) is 0 Å². The van der Waals surface area contributed by atoms with E-state index in [4.69, 9.17) is 0 Å². The zero-order valence-corrected chi connectivity index (χ0v) is 11.8. The van der Waals surface area contributed by atoms with Crippen molar-refractivity contribution in [2.75, 3.05) is 0 Å². The summed E-state index contributed by atoms with van der Waals surface area (Å²) in [5.41, 5.74) is 0. The van der Waals surface area contributed by atoms with E-state index in [1.54, 1.807) is 0 Å². The van der Waals surface area contributed by atoms with Crippen LogP contribution < -0.4 is 0 Å². The Bertz CT molecular complexity index is 6.00. The molecule has 0 atom stereocenters. The van der Waals surface area contributed by atoms with Crippen molar-refractivity contribution >= 4 is 52.1 Å². The molecule has 0 spiro atoms. The van der Waals surface area contributed by atoms with Gasteiger partial charge in [0.05, 0.1) is 0 Å². The molecule has 0 aliphatic carbocycles. The Morgan fingerprint density at radius 3 is 1.00 bits per heavy atom. The molecule has 0 heterocycles. The summed E-state index contributed by atoms with van der Waals surface area (Å²) in [7, 11) is 0. The Balaban J connectivity index is 0. The second-order valence-corrected chi connectivity index (χ2v) is 0. The minimum atomic E-state index is 0. The molecule has 0 nitrogen and oxygen atoms in total. The molecule has 0 aromatic rings. The minimum absolute atomic E-state index is 0. The molecule has 0 saturated heterocycles. The van der Waals surface area contributed by atoms with E-state index < -0.39 is 0 Å². The van der Waals surface area contributed by atoms with Crippen molar-refractivity contribution in [3.8, 4) is 0 Å².